The molecule has 0 saturated carbocycles. The topological polar surface area (TPSA) is 89.8 Å². The number of hydrogen-bond donors (Lipinski definition) is 4. The Bertz CT molecular complexity index is 809. The van der Waals surface area contributed by atoms with Crippen LogP contribution in [0.5, 0.6) is 0 Å². The van der Waals surface area contributed by atoms with Crippen LogP contribution in [0.4, 0.5) is 0 Å². The first-order chi connectivity index (χ1) is 25.5. The Kier molecular flexibility index (Phi) is 41.1. The summed E-state index contributed by atoms with van der Waals surface area (Å²) in [4.78, 5) is 12.4. The zero-order valence-corrected chi connectivity index (χ0v) is 34.7. The van der Waals surface area contributed by atoms with E-state index < -0.39 is 18.2 Å². The molecule has 0 fully saturated rings. The maximum atomic E-state index is 12.4. The van der Waals surface area contributed by atoms with Crippen molar-refractivity contribution >= 4 is 5.91 Å². The third-order valence-electron chi connectivity index (χ3n) is 10.4. The highest BCUT2D eigenvalue weighted by molar-refractivity contribution is 5.76. The predicted molar refractivity (Wildman–Crippen MR) is 227 cm³/mol. The molecule has 0 aliphatic heterocycles. The van der Waals surface area contributed by atoms with Gasteiger partial charge in [-0.1, -0.05) is 217 Å². The Balaban J connectivity index is 3.71. The van der Waals surface area contributed by atoms with Gasteiger partial charge in [0.15, 0.2) is 0 Å². The summed E-state index contributed by atoms with van der Waals surface area (Å²) in [6.45, 7) is 4.20. The highest BCUT2D eigenvalue weighted by Crippen LogP contribution is 2.15. The first kappa shape index (κ1) is 50.6. The fourth-order valence-corrected chi connectivity index (χ4v) is 6.90. The summed E-state index contributed by atoms with van der Waals surface area (Å²) in [6.07, 6.45) is 53.0. The van der Waals surface area contributed by atoms with Gasteiger partial charge in [-0.2, -0.15) is 0 Å². The van der Waals surface area contributed by atoms with Crippen molar-refractivity contribution in [3.05, 3.63) is 36.5 Å². The molecule has 306 valence electrons. The molecule has 0 rings (SSSR count). The second kappa shape index (κ2) is 42.3. The van der Waals surface area contributed by atoms with Crippen LogP contribution in [0.15, 0.2) is 36.5 Å². The normalized spacial score (nSPS) is 13.9. The second-order valence-corrected chi connectivity index (χ2v) is 15.6. The molecule has 3 atom stereocenters. The first-order valence-corrected chi connectivity index (χ1v) is 22.8. The number of hydrogen-bond acceptors (Lipinski definition) is 4. The maximum absolute atomic E-state index is 12.4. The van der Waals surface area contributed by atoms with Crippen LogP contribution in [0, 0.1) is 0 Å². The fourth-order valence-electron chi connectivity index (χ4n) is 6.90. The van der Waals surface area contributed by atoms with Gasteiger partial charge in [-0.15, -0.1) is 0 Å². The summed E-state index contributed by atoms with van der Waals surface area (Å²) in [6, 6.07) is -0.765. The largest absolute Gasteiger partial charge is 0.394 e. The molecule has 4 N–H and O–H groups in total. The standard InChI is InChI=1S/C47H89NO4/c1-3-5-7-9-11-13-15-17-18-19-20-21-22-23-24-25-26-27-29-31-33-35-37-39-41-46(51)45(43-49)48-47(52)42-44(50)40-38-36-34-32-30-28-16-14-12-10-8-6-4-2/h25-26,31,33,39,41,44-46,49-51H,3-24,27-30,32,34-38,40,42-43H2,1-2H3,(H,48,52)/b26-25+,33-31+,41-39+. The summed E-state index contributed by atoms with van der Waals surface area (Å²) in [7, 11) is 0. The molecule has 0 spiro atoms. The number of rotatable bonds is 41. The lowest BCUT2D eigenvalue weighted by Gasteiger charge is -2.21. The Morgan fingerprint density at radius 1 is 0.481 bits per heavy atom. The van der Waals surface area contributed by atoms with E-state index >= 15 is 0 Å². The van der Waals surface area contributed by atoms with E-state index in [1.165, 1.54) is 167 Å². The van der Waals surface area contributed by atoms with Crippen molar-refractivity contribution in [3.8, 4) is 0 Å². The zero-order valence-electron chi connectivity index (χ0n) is 34.7. The van der Waals surface area contributed by atoms with E-state index in [0.29, 0.717) is 6.42 Å². The molecule has 0 aromatic carbocycles. The van der Waals surface area contributed by atoms with E-state index in [4.69, 9.17) is 0 Å². The van der Waals surface area contributed by atoms with Gasteiger partial charge < -0.3 is 20.6 Å². The summed E-state index contributed by atoms with van der Waals surface area (Å²) < 4.78 is 0. The number of aliphatic hydroxyl groups is 3. The predicted octanol–water partition coefficient (Wildman–Crippen LogP) is 13.2. The van der Waals surface area contributed by atoms with Crippen LogP contribution < -0.4 is 5.32 Å². The molecule has 0 radical (unpaired) electrons. The van der Waals surface area contributed by atoms with Crippen LogP contribution in [-0.2, 0) is 4.79 Å². The van der Waals surface area contributed by atoms with Crippen LogP contribution in [0.25, 0.3) is 0 Å². The molecule has 5 nitrogen and oxygen atoms in total. The third kappa shape index (κ3) is 38.3. The molecular weight excluding hydrogens is 643 g/mol. The molecule has 0 aliphatic rings. The molecule has 0 saturated heterocycles. The summed E-state index contributed by atoms with van der Waals surface area (Å²) in [5.41, 5.74) is 0. The molecule has 0 aromatic heterocycles. The Morgan fingerprint density at radius 3 is 1.23 bits per heavy atom. The number of unbranched alkanes of at least 4 members (excludes halogenated alkanes) is 28. The maximum Gasteiger partial charge on any atom is 0.222 e. The highest BCUT2D eigenvalue weighted by Gasteiger charge is 2.20. The number of nitrogens with one attached hydrogen (secondary N) is 1. The quantitative estimate of drug-likeness (QED) is 0.0372. The molecule has 3 unspecified atom stereocenters. The van der Waals surface area contributed by atoms with Crippen LogP contribution >= 0.6 is 0 Å². The number of amides is 1. The summed E-state index contributed by atoms with van der Waals surface area (Å²) in [5, 5.41) is 33.2. The van der Waals surface area contributed by atoms with E-state index in [1.807, 2.05) is 6.08 Å². The lowest BCUT2D eigenvalue weighted by atomic mass is 10.0. The number of aliphatic hydroxyl groups excluding tert-OH is 3. The average Bonchev–Trinajstić information content (AvgIpc) is 3.14. The lowest BCUT2D eigenvalue weighted by molar-refractivity contribution is -0.124. The van der Waals surface area contributed by atoms with E-state index in [0.717, 1.165) is 38.5 Å². The van der Waals surface area contributed by atoms with Crippen molar-refractivity contribution in [1.82, 2.24) is 5.32 Å². The van der Waals surface area contributed by atoms with Gasteiger partial charge in [0.1, 0.15) is 0 Å². The monoisotopic (exact) mass is 732 g/mol. The molecular formula is C47H89NO4. The van der Waals surface area contributed by atoms with Gasteiger partial charge in [0.05, 0.1) is 31.3 Å². The van der Waals surface area contributed by atoms with Gasteiger partial charge in [-0.05, 0) is 44.9 Å². The molecule has 0 heterocycles. The lowest BCUT2D eigenvalue weighted by Crippen LogP contribution is -2.45. The molecule has 0 aliphatic carbocycles. The van der Waals surface area contributed by atoms with Crippen LogP contribution in [0.3, 0.4) is 0 Å². The number of allylic oxidation sites excluding steroid dienone is 5. The number of carbonyl (C=O) groups is 1. The molecule has 5 heteroatoms. The number of carbonyl (C=O) groups excluding carboxylic acids is 1. The summed E-state index contributed by atoms with van der Waals surface area (Å²) in [5.74, 6) is -0.328. The minimum atomic E-state index is -0.957. The van der Waals surface area contributed by atoms with Crippen molar-refractivity contribution in [2.24, 2.45) is 0 Å². The smallest absolute Gasteiger partial charge is 0.222 e. The van der Waals surface area contributed by atoms with Gasteiger partial charge in [-0.25, -0.2) is 0 Å². The van der Waals surface area contributed by atoms with E-state index in [1.54, 1.807) is 6.08 Å². The Hall–Kier alpha value is -1.43. The van der Waals surface area contributed by atoms with Crippen LogP contribution in [-0.4, -0.2) is 46.1 Å². The van der Waals surface area contributed by atoms with Gasteiger partial charge in [-0.3, -0.25) is 4.79 Å². The van der Waals surface area contributed by atoms with Gasteiger partial charge in [0, 0.05) is 0 Å². The minimum absolute atomic E-state index is 0.00461. The summed E-state index contributed by atoms with van der Waals surface area (Å²) >= 11 is 0. The highest BCUT2D eigenvalue weighted by atomic mass is 16.3. The zero-order chi connectivity index (χ0) is 38.0. The van der Waals surface area contributed by atoms with E-state index in [2.05, 4.69) is 43.5 Å². The van der Waals surface area contributed by atoms with Crippen molar-refractivity contribution in [1.29, 1.82) is 0 Å². The fraction of sp³-hybridized carbons (Fsp3) is 0.851. The third-order valence-corrected chi connectivity index (χ3v) is 10.4. The van der Waals surface area contributed by atoms with E-state index in [-0.39, 0.29) is 18.9 Å². The minimum Gasteiger partial charge on any atom is -0.394 e. The van der Waals surface area contributed by atoms with Gasteiger partial charge in [0.2, 0.25) is 5.91 Å². The SMILES string of the molecule is CCCCCCCCCCCCCCCC/C=C/CC/C=C/CC/C=C/C(O)C(CO)NC(=O)CC(O)CCCCCCCCCCCCCCC. The Labute approximate surface area is 324 Å². The van der Waals surface area contributed by atoms with Gasteiger partial charge in [0.25, 0.3) is 0 Å². The molecule has 52 heavy (non-hydrogen) atoms. The van der Waals surface area contributed by atoms with Crippen molar-refractivity contribution in [2.45, 2.75) is 250 Å². The molecule has 0 bridgehead atoms. The van der Waals surface area contributed by atoms with Crippen LogP contribution in [0.2, 0.25) is 0 Å². The van der Waals surface area contributed by atoms with Gasteiger partial charge >= 0.3 is 0 Å². The van der Waals surface area contributed by atoms with E-state index in [9.17, 15) is 20.1 Å². The van der Waals surface area contributed by atoms with Crippen LogP contribution in [0.1, 0.15) is 232 Å². The average molecular weight is 732 g/mol. The molecule has 1 amide bonds. The van der Waals surface area contributed by atoms with Crippen molar-refractivity contribution in [2.75, 3.05) is 6.61 Å². The molecule has 0 aromatic rings. The first-order valence-electron chi connectivity index (χ1n) is 22.8. The van der Waals surface area contributed by atoms with Crippen molar-refractivity contribution in [3.63, 3.8) is 0 Å². The second-order valence-electron chi connectivity index (χ2n) is 15.6. The Morgan fingerprint density at radius 2 is 0.827 bits per heavy atom. The van der Waals surface area contributed by atoms with Crippen molar-refractivity contribution < 1.29 is 20.1 Å².